The number of aromatic amines is 1. The normalized spacial score (nSPS) is 15.4. The highest BCUT2D eigenvalue weighted by atomic mass is 32.2. The molecular formula is C26H33N5O2S. The van der Waals surface area contributed by atoms with Gasteiger partial charge in [0.1, 0.15) is 5.82 Å². The zero-order chi connectivity index (χ0) is 24.2. The zero-order valence-corrected chi connectivity index (χ0v) is 21.2. The highest BCUT2D eigenvalue weighted by molar-refractivity contribution is 8.00. The lowest BCUT2D eigenvalue weighted by Gasteiger charge is -2.26. The third-order valence-corrected chi connectivity index (χ3v) is 7.56. The molecule has 1 unspecified atom stereocenters. The van der Waals surface area contributed by atoms with Gasteiger partial charge in [0.15, 0.2) is 16.7 Å². The molecule has 180 valence electrons. The molecule has 4 rings (SSSR count). The van der Waals surface area contributed by atoms with Crippen LogP contribution in [0.2, 0.25) is 0 Å². The SMILES string of the molecule is CC(=O)c1c(C)[nH]c(C(=O)C(C)Sc2nnc(CN3CCCCC3)n2Cc2ccccc2)c1C. The molecule has 1 fully saturated rings. The van der Waals surface area contributed by atoms with E-state index in [4.69, 9.17) is 0 Å². The smallest absolute Gasteiger partial charge is 0.192 e. The van der Waals surface area contributed by atoms with Crippen molar-refractivity contribution in [2.24, 2.45) is 0 Å². The molecule has 1 saturated heterocycles. The second-order valence-corrected chi connectivity index (χ2v) is 10.4. The Bertz CT molecular complexity index is 1160. The van der Waals surface area contributed by atoms with Crippen LogP contribution in [0.4, 0.5) is 0 Å². The van der Waals surface area contributed by atoms with Gasteiger partial charge in [-0.2, -0.15) is 0 Å². The number of hydrogen-bond donors (Lipinski definition) is 1. The van der Waals surface area contributed by atoms with Crippen molar-refractivity contribution in [2.45, 2.75) is 70.5 Å². The molecule has 0 aliphatic carbocycles. The van der Waals surface area contributed by atoms with Crippen molar-refractivity contribution in [3.05, 3.63) is 64.2 Å². The molecule has 34 heavy (non-hydrogen) atoms. The molecule has 1 atom stereocenters. The molecule has 1 aliphatic rings. The van der Waals surface area contributed by atoms with E-state index in [1.54, 1.807) is 0 Å². The van der Waals surface area contributed by atoms with Gasteiger partial charge in [-0.3, -0.25) is 14.5 Å². The molecule has 2 aromatic heterocycles. The molecule has 3 aromatic rings. The third kappa shape index (κ3) is 5.33. The van der Waals surface area contributed by atoms with Crippen LogP contribution in [0.25, 0.3) is 0 Å². The van der Waals surface area contributed by atoms with Crippen molar-refractivity contribution in [3.63, 3.8) is 0 Å². The fraction of sp³-hybridized carbons (Fsp3) is 0.462. The van der Waals surface area contributed by atoms with E-state index in [2.05, 4.69) is 36.8 Å². The van der Waals surface area contributed by atoms with Gasteiger partial charge in [-0.15, -0.1) is 10.2 Å². The van der Waals surface area contributed by atoms with E-state index in [1.807, 2.05) is 39.0 Å². The summed E-state index contributed by atoms with van der Waals surface area (Å²) in [7, 11) is 0. The monoisotopic (exact) mass is 479 g/mol. The Kier molecular flexibility index (Phi) is 7.68. The van der Waals surface area contributed by atoms with Crippen molar-refractivity contribution in [2.75, 3.05) is 13.1 Å². The number of piperidine rings is 1. The van der Waals surface area contributed by atoms with Crippen LogP contribution in [0, 0.1) is 13.8 Å². The van der Waals surface area contributed by atoms with E-state index >= 15 is 0 Å². The van der Waals surface area contributed by atoms with Crippen LogP contribution in [0.1, 0.15) is 76.6 Å². The summed E-state index contributed by atoms with van der Waals surface area (Å²) in [6.45, 7) is 10.7. The number of ketones is 2. The molecule has 0 saturated carbocycles. The minimum atomic E-state index is -0.377. The molecule has 8 heteroatoms. The Morgan fingerprint density at radius 2 is 1.76 bits per heavy atom. The highest BCUT2D eigenvalue weighted by Crippen LogP contribution is 2.28. The van der Waals surface area contributed by atoms with Crippen LogP contribution in [0.5, 0.6) is 0 Å². The van der Waals surface area contributed by atoms with Gasteiger partial charge in [-0.1, -0.05) is 48.5 Å². The fourth-order valence-corrected chi connectivity index (χ4v) is 5.63. The molecule has 1 aliphatic heterocycles. The zero-order valence-electron chi connectivity index (χ0n) is 20.4. The van der Waals surface area contributed by atoms with Crippen LogP contribution < -0.4 is 0 Å². The Balaban J connectivity index is 1.58. The number of benzene rings is 1. The number of likely N-dealkylation sites (tertiary alicyclic amines) is 1. The van der Waals surface area contributed by atoms with Gasteiger partial charge in [0, 0.05) is 11.3 Å². The number of carbonyl (C=O) groups excluding carboxylic acids is 2. The average Bonchev–Trinajstić information content (AvgIpc) is 3.33. The average molecular weight is 480 g/mol. The first-order valence-electron chi connectivity index (χ1n) is 11.9. The molecular weight excluding hydrogens is 446 g/mol. The van der Waals surface area contributed by atoms with E-state index in [1.165, 1.54) is 43.5 Å². The fourth-order valence-electron chi connectivity index (χ4n) is 4.70. The first-order chi connectivity index (χ1) is 16.3. The largest absolute Gasteiger partial charge is 0.355 e. The van der Waals surface area contributed by atoms with E-state index in [9.17, 15) is 9.59 Å². The number of H-pyrrole nitrogens is 1. The molecule has 1 aromatic carbocycles. The minimum Gasteiger partial charge on any atom is -0.355 e. The maximum atomic E-state index is 13.3. The maximum Gasteiger partial charge on any atom is 0.192 e. The quantitative estimate of drug-likeness (QED) is 0.350. The van der Waals surface area contributed by atoms with E-state index < -0.39 is 0 Å². The van der Waals surface area contributed by atoms with Crippen molar-refractivity contribution in [1.82, 2.24) is 24.6 Å². The number of nitrogens with zero attached hydrogens (tertiary/aromatic N) is 4. The number of carbonyl (C=O) groups is 2. The molecule has 0 amide bonds. The van der Waals surface area contributed by atoms with Crippen molar-refractivity contribution >= 4 is 23.3 Å². The molecule has 0 radical (unpaired) electrons. The summed E-state index contributed by atoms with van der Waals surface area (Å²) in [5.41, 5.74) is 3.74. The van der Waals surface area contributed by atoms with Crippen LogP contribution in [0.15, 0.2) is 35.5 Å². The number of thioether (sulfide) groups is 1. The molecule has 1 N–H and O–H groups in total. The summed E-state index contributed by atoms with van der Waals surface area (Å²) in [6, 6.07) is 10.3. The number of aromatic nitrogens is 4. The van der Waals surface area contributed by atoms with Gasteiger partial charge in [-0.05, 0) is 64.8 Å². The Hall–Kier alpha value is -2.71. The molecule has 3 heterocycles. The second kappa shape index (κ2) is 10.7. The van der Waals surface area contributed by atoms with E-state index in [0.717, 1.165) is 41.9 Å². The molecule has 7 nitrogen and oxygen atoms in total. The van der Waals surface area contributed by atoms with Crippen molar-refractivity contribution in [1.29, 1.82) is 0 Å². The Morgan fingerprint density at radius 1 is 1.06 bits per heavy atom. The summed E-state index contributed by atoms with van der Waals surface area (Å²) in [4.78, 5) is 30.9. The predicted molar refractivity (Wildman–Crippen MR) is 135 cm³/mol. The van der Waals surface area contributed by atoms with Crippen LogP contribution in [0.3, 0.4) is 0 Å². The van der Waals surface area contributed by atoms with Crippen molar-refractivity contribution < 1.29 is 9.59 Å². The first kappa shape index (κ1) is 24.4. The molecule has 0 bridgehead atoms. The lowest BCUT2D eigenvalue weighted by molar-refractivity contribution is 0.0988. The minimum absolute atomic E-state index is 0.0319. The van der Waals surface area contributed by atoms with E-state index in [-0.39, 0.29) is 16.8 Å². The Morgan fingerprint density at radius 3 is 2.41 bits per heavy atom. The van der Waals surface area contributed by atoms with Crippen molar-refractivity contribution in [3.8, 4) is 0 Å². The second-order valence-electron chi connectivity index (χ2n) is 9.11. The maximum absolute atomic E-state index is 13.3. The lowest BCUT2D eigenvalue weighted by atomic mass is 10.0. The number of hydrogen-bond acceptors (Lipinski definition) is 6. The standard InChI is InChI=1S/C26H33N5O2S/c1-17-23(19(3)32)18(2)27-24(17)25(33)20(4)34-26-29-28-22(16-30-13-9-6-10-14-30)31(26)15-21-11-7-5-8-12-21/h5,7-8,11-12,20,27H,6,9-10,13-16H2,1-4H3. The van der Waals surface area contributed by atoms with Gasteiger partial charge in [0.05, 0.1) is 24.0 Å². The van der Waals surface area contributed by atoms with Gasteiger partial charge in [0.2, 0.25) is 0 Å². The summed E-state index contributed by atoms with van der Waals surface area (Å²) >= 11 is 1.42. The first-order valence-corrected chi connectivity index (χ1v) is 12.8. The van der Waals surface area contributed by atoms with E-state index in [0.29, 0.717) is 17.8 Å². The number of rotatable bonds is 9. The van der Waals surface area contributed by atoms with Gasteiger partial charge < -0.3 is 9.55 Å². The van der Waals surface area contributed by atoms with Gasteiger partial charge >= 0.3 is 0 Å². The van der Waals surface area contributed by atoms with Crippen LogP contribution in [-0.4, -0.2) is 54.6 Å². The van der Waals surface area contributed by atoms with Crippen LogP contribution >= 0.6 is 11.8 Å². The van der Waals surface area contributed by atoms with Gasteiger partial charge in [0.25, 0.3) is 0 Å². The predicted octanol–water partition coefficient (Wildman–Crippen LogP) is 4.82. The summed E-state index contributed by atoms with van der Waals surface area (Å²) in [5.74, 6) is 0.860. The summed E-state index contributed by atoms with van der Waals surface area (Å²) in [6.07, 6.45) is 3.73. The summed E-state index contributed by atoms with van der Waals surface area (Å²) in [5, 5.41) is 9.40. The Labute approximate surface area is 205 Å². The highest BCUT2D eigenvalue weighted by Gasteiger charge is 2.27. The number of nitrogens with one attached hydrogen (secondary N) is 1. The summed E-state index contributed by atoms with van der Waals surface area (Å²) < 4.78 is 2.15. The number of aryl methyl sites for hydroxylation is 1. The topological polar surface area (TPSA) is 83.9 Å². The molecule has 0 spiro atoms. The van der Waals surface area contributed by atoms with Gasteiger partial charge in [-0.25, -0.2) is 0 Å². The van der Waals surface area contributed by atoms with Crippen LogP contribution in [-0.2, 0) is 13.1 Å². The third-order valence-electron chi connectivity index (χ3n) is 6.48. The lowest BCUT2D eigenvalue weighted by Crippen LogP contribution is -2.30. The number of Topliss-reactive ketones (excluding diaryl/α,β-unsaturated/α-hetero) is 2.